The van der Waals surface area contributed by atoms with Gasteiger partial charge in [0.15, 0.2) is 0 Å². The summed E-state index contributed by atoms with van der Waals surface area (Å²) in [6.45, 7) is 8.99. The third-order valence-corrected chi connectivity index (χ3v) is 7.91. The van der Waals surface area contributed by atoms with Gasteiger partial charge in [0.1, 0.15) is 0 Å². The van der Waals surface area contributed by atoms with E-state index in [2.05, 4.69) is 69.4 Å². The number of hydrogen-bond donors (Lipinski definition) is 0. The van der Waals surface area contributed by atoms with Gasteiger partial charge in [0, 0.05) is 30.7 Å². The van der Waals surface area contributed by atoms with Gasteiger partial charge in [-0.05, 0) is 63.2 Å². The number of nitrogens with zero attached hydrogens (tertiary/aromatic N) is 2. The van der Waals surface area contributed by atoms with Crippen LogP contribution in [0.1, 0.15) is 12.8 Å². The van der Waals surface area contributed by atoms with Crippen molar-refractivity contribution in [1.82, 2.24) is 5.01 Å². The van der Waals surface area contributed by atoms with Crippen molar-refractivity contribution >= 4 is 25.5 Å². The van der Waals surface area contributed by atoms with Gasteiger partial charge in [0.05, 0.1) is 26.4 Å². The second-order valence-electron chi connectivity index (χ2n) is 7.97. The molecule has 1 aliphatic heterocycles. The third kappa shape index (κ3) is 4.52. The first-order valence-corrected chi connectivity index (χ1v) is 14.1. The van der Waals surface area contributed by atoms with Crippen LogP contribution >= 0.6 is 11.8 Å². The van der Waals surface area contributed by atoms with Crippen LogP contribution in [0.2, 0.25) is 19.6 Å². The first-order valence-electron chi connectivity index (χ1n) is 9.36. The Morgan fingerprint density at radius 2 is 1.92 bits per heavy atom. The molecule has 3 rings (SSSR count). The van der Waals surface area contributed by atoms with Gasteiger partial charge in [-0.15, -0.1) is 0 Å². The Balaban J connectivity index is 1.90. The summed E-state index contributed by atoms with van der Waals surface area (Å²) in [7, 11) is 0.335. The molecule has 0 aromatic carbocycles. The zero-order valence-electron chi connectivity index (χ0n) is 16.6. The van der Waals surface area contributed by atoms with Crippen molar-refractivity contribution in [3.63, 3.8) is 0 Å². The summed E-state index contributed by atoms with van der Waals surface area (Å²) in [5, 5.41) is 8.78. The van der Waals surface area contributed by atoms with Gasteiger partial charge in [0.25, 0.3) is 0 Å². The molecular formula is C21H30N2OSSi. The molecule has 2 saturated carbocycles. The normalized spacial score (nSPS) is 28.0. The van der Waals surface area contributed by atoms with Crippen molar-refractivity contribution in [2.24, 2.45) is 5.10 Å². The van der Waals surface area contributed by atoms with Crippen molar-refractivity contribution in [3.05, 3.63) is 61.2 Å². The maximum Gasteiger partial charge on any atom is 0.0704 e. The van der Waals surface area contributed by atoms with Crippen LogP contribution in [-0.2, 0) is 4.74 Å². The number of ether oxygens (including phenoxy) is 1. The fraction of sp³-hybridized carbons (Fsp3) is 0.476. The van der Waals surface area contributed by atoms with Crippen LogP contribution in [0, 0.1) is 61.2 Å². The molecule has 26 heavy (non-hydrogen) atoms. The van der Waals surface area contributed by atoms with E-state index < -0.39 is 8.07 Å². The molecule has 2 aliphatic carbocycles. The Morgan fingerprint density at radius 3 is 2.62 bits per heavy atom. The van der Waals surface area contributed by atoms with Gasteiger partial charge >= 0.3 is 0 Å². The lowest BCUT2D eigenvalue weighted by Crippen LogP contribution is -2.39. The Hall–Kier alpha value is -0.00312. The highest BCUT2D eigenvalue weighted by Gasteiger charge is 2.46. The molecule has 3 fully saturated rings. The van der Waals surface area contributed by atoms with Gasteiger partial charge in [-0.3, -0.25) is 5.01 Å². The van der Waals surface area contributed by atoms with Crippen LogP contribution in [0.25, 0.3) is 0 Å². The molecule has 140 valence electrons. The topological polar surface area (TPSA) is 24.8 Å². The minimum Gasteiger partial charge on any atom is -0.382 e. The smallest absolute Gasteiger partial charge is 0.0704 e. The molecule has 0 unspecified atom stereocenters. The molecule has 0 amide bonds. The largest absolute Gasteiger partial charge is 0.382 e. The Kier molecular flexibility index (Phi) is 7.17. The minimum absolute atomic E-state index is 0.382. The molecular weight excluding hydrogens is 356 g/mol. The lowest BCUT2D eigenvalue weighted by molar-refractivity contribution is 0.118. The molecule has 1 atom stereocenters. The van der Waals surface area contributed by atoms with E-state index in [1.54, 1.807) is 18.9 Å². The lowest BCUT2D eigenvalue weighted by Gasteiger charge is -2.34. The van der Waals surface area contributed by atoms with Crippen molar-refractivity contribution in [3.8, 4) is 0 Å². The molecule has 0 aromatic rings. The number of methoxy groups -OCH3 is 1. The maximum absolute atomic E-state index is 5.43. The van der Waals surface area contributed by atoms with Crippen molar-refractivity contribution in [2.45, 2.75) is 38.5 Å². The lowest BCUT2D eigenvalue weighted by atomic mass is 9.89. The Labute approximate surface area is 166 Å². The molecule has 5 heteroatoms. The third-order valence-electron chi connectivity index (χ3n) is 5.06. The zero-order valence-corrected chi connectivity index (χ0v) is 18.4. The predicted molar refractivity (Wildman–Crippen MR) is 115 cm³/mol. The Morgan fingerprint density at radius 1 is 1.19 bits per heavy atom. The molecule has 1 saturated heterocycles. The fourth-order valence-corrected chi connectivity index (χ4v) is 5.96. The molecule has 0 aromatic heterocycles. The zero-order chi connectivity index (χ0) is 18.7. The second kappa shape index (κ2) is 9.00. The standard InChI is InChI=1S/C21H30N2OSSi/c1-24-15-16-9-8-14-23(16)22-21(17-10-6-12-19(17)25-2)18-11-7-13-20(18)26(3,4)5/h6-7,10-13,16H,8-9,14-15H2,1-5H3/b22-21-/t16-/m0/s1. The van der Waals surface area contributed by atoms with Crippen LogP contribution in [0.5, 0.6) is 0 Å². The summed E-state index contributed by atoms with van der Waals surface area (Å²) in [5.41, 5.74) is 2.62. The monoisotopic (exact) mass is 386 g/mol. The van der Waals surface area contributed by atoms with Gasteiger partial charge in [-0.25, -0.2) is 0 Å². The average molecular weight is 387 g/mol. The SMILES string of the molecule is COC[C@@H]1CCCN1/N=C(/[C]1[CH][CH][CH][C]1SC)[C]1[CH][CH][CH][C]1[Si](C)(C)C. The fourth-order valence-electron chi connectivity index (χ4n) is 3.75. The molecule has 0 bridgehead atoms. The number of hydrogen-bond acceptors (Lipinski definition) is 4. The van der Waals surface area contributed by atoms with Gasteiger partial charge in [0.2, 0.25) is 0 Å². The van der Waals surface area contributed by atoms with Crippen molar-refractivity contribution < 1.29 is 4.74 Å². The van der Waals surface area contributed by atoms with E-state index >= 15 is 0 Å². The minimum atomic E-state index is -1.45. The van der Waals surface area contributed by atoms with Gasteiger partial charge < -0.3 is 4.74 Å². The van der Waals surface area contributed by atoms with Crippen LogP contribution in [0.4, 0.5) is 0 Å². The number of thioether (sulfide) groups is 1. The van der Waals surface area contributed by atoms with E-state index in [-0.39, 0.29) is 0 Å². The van der Waals surface area contributed by atoms with Crippen molar-refractivity contribution in [2.75, 3.05) is 26.5 Å². The highest BCUT2D eigenvalue weighted by Crippen LogP contribution is 2.49. The molecule has 3 nitrogen and oxygen atoms in total. The summed E-state index contributed by atoms with van der Waals surface area (Å²) in [6, 6.07) is 0.382. The number of hydrazone groups is 1. The van der Waals surface area contributed by atoms with Gasteiger partial charge in [-0.1, -0.05) is 19.6 Å². The maximum atomic E-state index is 5.43. The van der Waals surface area contributed by atoms with Crippen LogP contribution in [0.3, 0.4) is 0 Å². The molecule has 0 N–H and O–H groups in total. The summed E-state index contributed by atoms with van der Waals surface area (Å²) >= 11 is 1.80. The van der Waals surface area contributed by atoms with E-state index in [1.807, 2.05) is 0 Å². The molecule has 3 aliphatic rings. The van der Waals surface area contributed by atoms with Crippen LogP contribution in [0.15, 0.2) is 5.10 Å². The van der Waals surface area contributed by atoms with Gasteiger partial charge in [-0.2, -0.15) is 16.9 Å². The van der Waals surface area contributed by atoms with E-state index in [1.165, 1.54) is 29.0 Å². The van der Waals surface area contributed by atoms with E-state index in [4.69, 9.17) is 9.84 Å². The molecule has 0 spiro atoms. The first-order chi connectivity index (χ1) is 12.5. The highest BCUT2D eigenvalue weighted by molar-refractivity contribution is 8.01. The highest BCUT2D eigenvalue weighted by atomic mass is 32.2. The second-order valence-corrected chi connectivity index (χ2v) is 13.9. The number of rotatable bonds is 7. The van der Waals surface area contributed by atoms with Crippen LogP contribution in [-0.4, -0.2) is 51.4 Å². The molecule has 10 radical (unpaired) electrons. The summed E-state index contributed by atoms with van der Waals surface area (Å²) in [5.74, 6) is 2.57. The van der Waals surface area contributed by atoms with E-state index in [0.29, 0.717) is 6.04 Å². The summed E-state index contributed by atoms with van der Waals surface area (Å²) in [6.07, 6.45) is 17.8. The van der Waals surface area contributed by atoms with Crippen molar-refractivity contribution in [1.29, 1.82) is 0 Å². The van der Waals surface area contributed by atoms with E-state index in [9.17, 15) is 0 Å². The predicted octanol–water partition coefficient (Wildman–Crippen LogP) is 4.20. The first kappa shape index (κ1) is 20.7. The summed E-state index contributed by atoms with van der Waals surface area (Å²) in [4.78, 5) is 0. The molecule has 1 heterocycles. The quantitative estimate of drug-likeness (QED) is 0.484. The summed E-state index contributed by atoms with van der Waals surface area (Å²) < 4.78 is 5.43. The van der Waals surface area contributed by atoms with Crippen LogP contribution < -0.4 is 0 Å². The van der Waals surface area contributed by atoms with E-state index in [0.717, 1.165) is 25.3 Å². The average Bonchev–Trinajstić information content (AvgIpc) is 3.32. The Bertz CT molecular complexity index is 493.